The van der Waals surface area contributed by atoms with Crippen molar-refractivity contribution >= 4 is 15.9 Å². The van der Waals surface area contributed by atoms with Crippen molar-refractivity contribution in [2.24, 2.45) is 0 Å². The van der Waals surface area contributed by atoms with Crippen LogP contribution in [0.5, 0.6) is 0 Å². The van der Waals surface area contributed by atoms with Gasteiger partial charge < -0.3 is 10.2 Å². The number of likely N-dealkylation sites (tertiary alicyclic amines) is 1. The van der Waals surface area contributed by atoms with E-state index >= 15 is 0 Å². The summed E-state index contributed by atoms with van der Waals surface area (Å²) in [6, 6.07) is 12.0. The molecule has 0 radical (unpaired) electrons. The van der Waals surface area contributed by atoms with E-state index in [-0.39, 0.29) is 17.6 Å². The molecule has 1 aromatic carbocycles. The lowest BCUT2D eigenvalue weighted by atomic mass is 10.0. The van der Waals surface area contributed by atoms with Crippen LogP contribution < -0.4 is 10.0 Å². The zero-order valence-corrected chi connectivity index (χ0v) is 17.2. The molecular weight excluding hydrogens is 374 g/mol. The Morgan fingerprint density at radius 3 is 2.46 bits per heavy atom. The van der Waals surface area contributed by atoms with Crippen LogP contribution in [0.3, 0.4) is 0 Å². The van der Waals surface area contributed by atoms with Crippen molar-refractivity contribution in [3.8, 4) is 0 Å². The maximum absolute atomic E-state index is 11.8. The van der Waals surface area contributed by atoms with Crippen molar-refractivity contribution in [3.63, 3.8) is 0 Å². The lowest BCUT2D eigenvalue weighted by molar-refractivity contribution is -0.119. The van der Waals surface area contributed by atoms with Gasteiger partial charge in [0.1, 0.15) is 0 Å². The Kier molecular flexibility index (Phi) is 6.04. The van der Waals surface area contributed by atoms with Gasteiger partial charge in [-0.1, -0.05) is 30.3 Å². The maximum Gasteiger partial charge on any atom is 0.237 e. The van der Waals surface area contributed by atoms with Crippen LogP contribution in [0.2, 0.25) is 0 Å². The Hall–Kier alpha value is -1.44. The van der Waals surface area contributed by atoms with E-state index in [9.17, 15) is 13.2 Å². The van der Waals surface area contributed by atoms with Gasteiger partial charge in [-0.2, -0.15) is 0 Å². The predicted octanol–water partition coefficient (Wildman–Crippen LogP) is 1.99. The van der Waals surface area contributed by atoms with E-state index in [1.165, 1.54) is 12.0 Å². The second-order valence-corrected chi connectivity index (χ2v) is 10.5. The largest absolute Gasteiger partial charge is 0.311 e. The number of amides is 1. The van der Waals surface area contributed by atoms with Gasteiger partial charge in [-0.05, 0) is 63.7 Å². The predicted molar refractivity (Wildman–Crippen MR) is 110 cm³/mol. The number of rotatable bonds is 9. The zero-order valence-electron chi connectivity index (χ0n) is 16.3. The van der Waals surface area contributed by atoms with Crippen molar-refractivity contribution in [3.05, 3.63) is 35.9 Å². The topological polar surface area (TPSA) is 78.5 Å². The summed E-state index contributed by atoms with van der Waals surface area (Å²) in [5.74, 6) is 0.314. The lowest BCUT2D eigenvalue weighted by Gasteiger charge is -2.32. The van der Waals surface area contributed by atoms with Gasteiger partial charge in [0.05, 0.1) is 5.25 Å². The van der Waals surface area contributed by atoms with E-state index in [2.05, 4.69) is 45.3 Å². The average Bonchev–Trinajstić information content (AvgIpc) is 3.58. The smallest absolute Gasteiger partial charge is 0.237 e. The van der Waals surface area contributed by atoms with Crippen LogP contribution >= 0.6 is 0 Å². The van der Waals surface area contributed by atoms with Crippen molar-refractivity contribution in [1.29, 1.82) is 0 Å². The number of piperidine rings is 1. The summed E-state index contributed by atoms with van der Waals surface area (Å²) in [5, 5.41) is 3.48. The highest BCUT2D eigenvalue weighted by Crippen LogP contribution is 2.41. The van der Waals surface area contributed by atoms with Crippen molar-refractivity contribution in [2.45, 2.75) is 68.2 Å². The number of hydrogen-bond acceptors (Lipinski definition) is 5. The monoisotopic (exact) mass is 405 g/mol. The molecule has 1 aliphatic heterocycles. The summed E-state index contributed by atoms with van der Waals surface area (Å²) in [7, 11) is -3.40. The molecule has 3 aliphatic rings. The van der Waals surface area contributed by atoms with E-state index in [0.717, 1.165) is 32.5 Å². The Morgan fingerprint density at radius 2 is 1.79 bits per heavy atom. The Labute approximate surface area is 168 Å². The minimum atomic E-state index is -3.40. The number of benzene rings is 1. The standard InChI is InChI=1S/C21H31N3O3S/c25-21(23-28(26,27)18-8-9-18)7-4-12-24-13-10-17(11-14-24)22-20-15-19(20)16-5-2-1-3-6-16/h1-3,5-6,17-20,22H,4,7-15H2,(H,23,25)/t19-,20+/m0/s1. The molecule has 4 rings (SSSR count). The first kappa shape index (κ1) is 19.9. The summed E-state index contributed by atoms with van der Waals surface area (Å²) in [4.78, 5) is 14.2. The third-order valence-electron chi connectivity index (χ3n) is 6.15. The van der Waals surface area contributed by atoms with E-state index in [1.54, 1.807) is 0 Å². The molecular formula is C21H31N3O3S. The molecule has 1 heterocycles. The van der Waals surface area contributed by atoms with E-state index in [4.69, 9.17) is 0 Å². The highest BCUT2D eigenvalue weighted by Gasteiger charge is 2.39. The average molecular weight is 406 g/mol. The molecule has 2 atom stereocenters. The van der Waals surface area contributed by atoms with Crippen LogP contribution in [-0.2, 0) is 14.8 Å². The molecule has 0 bridgehead atoms. The van der Waals surface area contributed by atoms with Gasteiger partial charge in [0, 0.05) is 24.4 Å². The second kappa shape index (κ2) is 8.51. The van der Waals surface area contributed by atoms with Gasteiger partial charge >= 0.3 is 0 Å². The lowest BCUT2D eigenvalue weighted by Crippen LogP contribution is -2.44. The zero-order chi connectivity index (χ0) is 19.6. The van der Waals surface area contributed by atoms with Crippen molar-refractivity contribution in [2.75, 3.05) is 19.6 Å². The molecule has 1 aromatic rings. The fraction of sp³-hybridized carbons (Fsp3) is 0.667. The summed E-state index contributed by atoms with van der Waals surface area (Å²) in [6.45, 7) is 2.95. The first-order chi connectivity index (χ1) is 13.5. The third kappa shape index (κ3) is 5.33. The first-order valence-corrected chi connectivity index (χ1v) is 12.1. The quantitative estimate of drug-likeness (QED) is 0.657. The number of carbonyl (C=O) groups is 1. The summed E-state index contributed by atoms with van der Waals surface area (Å²) >= 11 is 0. The van der Waals surface area contributed by atoms with Crippen LogP contribution in [0.25, 0.3) is 0 Å². The van der Waals surface area contributed by atoms with Crippen LogP contribution in [0, 0.1) is 0 Å². The molecule has 2 N–H and O–H groups in total. The SMILES string of the molecule is O=C(CCCN1CCC(N[C@@H]2C[C@H]2c2ccccc2)CC1)NS(=O)(=O)C1CC1. The Bertz CT molecular complexity index is 771. The minimum Gasteiger partial charge on any atom is -0.311 e. The Balaban J connectivity index is 1.09. The number of sulfonamides is 1. The molecule has 154 valence electrons. The van der Waals surface area contributed by atoms with Crippen LogP contribution in [0.4, 0.5) is 0 Å². The minimum absolute atomic E-state index is 0.283. The third-order valence-corrected chi connectivity index (χ3v) is 8.01. The highest BCUT2D eigenvalue weighted by atomic mass is 32.2. The van der Waals surface area contributed by atoms with Crippen LogP contribution in [0.1, 0.15) is 56.4 Å². The van der Waals surface area contributed by atoms with E-state index in [1.807, 2.05) is 0 Å². The van der Waals surface area contributed by atoms with E-state index in [0.29, 0.717) is 37.3 Å². The number of carbonyl (C=O) groups excluding carboxylic acids is 1. The van der Waals surface area contributed by atoms with Gasteiger partial charge in [0.15, 0.2) is 0 Å². The normalized spacial score (nSPS) is 26.1. The van der Waals surface area contributed by atoms with Crippen molar-refractivity contribution in [1.82, 2.24) is 14.9 Å². The number of nitrogens with zero attached hydrogens (tertiary/aromatic N) is 1. The molecule has 2 saturated carbocycles. The van der Waals surface area contributed by atoms with Crippen molar-refractivity contribution < 1.29 is 13.2 Å². The molecule has 6 nitrogen and oxygen atoms in total. The summed E-state index contributed by atoms with van der Waals surface area (Å²) in [6.07, 6.45) is 5.87. The van der Waals surface area contributed by atoms with Gasteiger partial charge in [0.25, 0.3) is 0 Å². The molecule has 7 heteroatoms. The van der Waals surface area contributed by atoms with Gasteiger partial charge in [-0.3, -0.25) is 9.52 Å². The molecule has 0 spiro atoms. The number of nitrogens with one attached hydrogen (secondary N) is 2. The van der Waals surface area contributed by atoms with E-state index < -0.39 is 10.0 Å². The molecule has 0 unspecified atom stereocenters. The maximum atomic E-state index is 11.8. The molecule has 1 amide bonds. The summed E-state index contributed by atoms with van der Waals surface area (Å²) in [5.41, 5.74) is 1.44. The fourth-order valence-electron chi connectivity index (χ4n) is 4.21. The highest BCUT2D eigenvalue weighted by molar-refractivity contribution is 7.90. The Morgan fingerprint density at radius 1 is 1.07 bits per heavy atom. The first-order valence-electron chi connectivity index (χ1n) is 10.6. The van der Waals surface area contributed by atoms with Gasteiger partial charge in [-0.15, -0.1) is 0 Å². The van der Waals surface area contributed by atoms with Crippen LogP contribution in [-0.4, -0.2) is 56.2 Å². The van der Waals surface area contributed by atoms with Crippen LogP contribution in [0.15, 0.2) is 30.3 Å². The molecule has 0 aromatic heterocycles. The fourth-order valence-corrected chi connectivity index (χ4v) is 5.55. The summed E-state index contributed by atoms with van der Waals surface area (Å²) < 4.78 is 25.7. The van der Waals surface area contributed by atoms with Gasteiger partial charge in [0.2, 0.25) is 15.9 Å². The molecule has 1 saturated heterocycles. The number of hydrogen-bond donors (Lipinski definition) is 2. The molecule has 3 fully saturated rings. The second-order valence-electron chi connectivity index (χ2n) is 8.52. The van der Waals surface area contributed by atoms with Gasteiger partial charge in [-0.25, -0.2) is 8.42 Å². The molecule has 28 heavy (non-hydrogen) atoms. The molecule has 2 aliphatic carbocycles.